The van der Waals surface area contributed by atoms with Crippen LogP contribution in [0.3, 0.4) is 0 Å². The maximum Gasteiger partial charge on any atom is 0.191 e. The van der Waals surface area contributed by atoms with Crippen LogP contribution in [0.5, 0.6) is 5.75 Å². The van der Waals surface area contributed by atoms with E-state index in [1.54, 1.807) is 18.5 Å². The summed E-state index contributed by atoms with van der Waals surface area (Å²) in [5.41, 5.74) is 2.06. The van der Waals surface area contributed by atoms with Crippen LogP contribution >= 0.6 is 11.8 Å². The monoisotopic (exact) mass is 382 g/mol. The quantitative estimate of drug-likeness (QED) is 0.452. The third-order valence-corrected chi connectivity index (χ3v) is 4.93. The van der Waals surface area contributed by atoms with E-state index in [9.17, 15) is 5.11 Å². The Morgan fingerprint density at radius 3 is 2.78 bits per heavy atom. The molecule has 0 aliphatic heterocycles. The van der Waals surface area contributed by atoms with Gasteiger partial charge in [-0.1, -0.05) is 35.5 Å². The predicted octanol–water partition coefficient (Wildman–Crippen LogP) is 3.37. The van der Waals surface area contributed by atoms with E-state index in [-0.39, 0.29) is 6.61 Å². The molecule has 2 aromatic heterocycles. The first kappa shape index (κ1) is 19.1. The van der Waals surface area contributed by atoms with Crippen molar-refractivity contribution in [3.8, 4) is 17.1 Å². The number of nitrogens with zero attached hydrogens (tertiary/aromatic N) is 4. The molecule has 0 saturated carbocycles. The van der Waals surface area contributed by atoms with Gasteiger partial charge in [-0.15, -0.1) is 16.8 Å². The summed E-state index contributed by atoms with van der Waals surface area (Å²) in [6, 6.07) is 11.6. The van der Waals surface area contributed by atoms with Crippen LogP contribution in [0.25, 0.3) is 11.4 Å². The van der Waals surface area contributed by atoms with Gasteiger partial charge in [0.05, 0.1) is 6.10 Å². The van der Waals surface area contributed by atoms with Gasteiger partial charge in [-0.2, -0.15) is 0 Å². The maximum absolute atomic E-state index is 10.2. The van der Waals surface area contributed by atoms with Gasteiger partial charge in [0, 0.05) is 30.3 Å². The van der Waals surface area contributed by atoms with E-state index in [0.29, 0.717) is 12.3 Å². The Morgan fingerprint density at radius 2 is 2.07 bits per heavy atom. The van der Waals surface area contributed by atoms with Crippen molar-refractivity contribution in [1.29, 1.82) is 0 Å². The summed E-state index contributed by atoms with van der Waals surface area (Å²) < 4.78 is 7.59. The Hall–Kier alpha value is -2.64. The first-order valence-corrected chi connectivity index (χ1v) is 9.60. The van der Waals surface area contributed by atoms with E-state index in [4.69, 9.17) is 4.74 Å². The van der Waals surface area contributed by atoms with Crippen molar-refractivity contribution in [2.24, 2.45) is 0 Å². The molecule has 3 aromatic rings. The van der Waals surface area contributed by atoms with Crippen molar-refractivity contribution in [3.05, 3.63) is 67.0 Å². The van der Waals surface area contributed by atoms with Crippen LogP contribution < -0.4 is 4.74 Å². The Morgan fingerprint density at radius 1 is 1.26 bits per heavy atom. The van der Waals surface area contributed by atoms with Gasteiger partial charge in [0.2, 0.25) is 0 Å². The van der Waals surface area contributed by atoms with Gasteiger partial charge < -0.3 is 9.84 Å². The first-order chi connectivity index (χ1) is 13.2. The molecule has 0 bridgehead atoms. The molecule has 2 heterocycles. The van der Waals surface area contributed by atoms with E-state index in [2.05, 4.69) is 21.8 Å². The predicted molar refractivity (Wildman–Crippen MR) is 107 cm³/mol. The van der Waals surface area contributed by atoms with Crippen LogP contribution in [0.1, 0.15) is 5.56 Å². The average Bonchev–Trinajstić information content (AvgIpc) is 3.09. The molecule has 0 spiro atoms. The lowest BCUT2D eigenvalue weighted by atomic mass is 10.2. The molecule has 6 nitrogen and oxygen atoms in total. The van der Waals surface area contributed by atoms with Crippen LogP contribution in [0.2, 0.25) is 0 Å². The van der Waals surface area contributed by atoms with Crippen molar-refractivity contribution < 1.29 is 9.84 Å². The molecule has 0 amide bonds. The van der Waals surface area contributed by atoms with E-state index >= 15 is 0 Å². The largest absolute Gasteiger partial charge is 0.491 e. The first-order valence-electron chi connectivity index (χ1n) is 8.62. The SMILES string of the molecule is C=CCn1c(SCC(O)COc2ccc(C)cc2)nnc1-c1cccnc1. The highest BCUT2D eigenvalue weighted by molar-refractivity contribution is 7.99. The zero-order chi connectivity index (χ0) is 19.1. The molecule has 1 unspecified atom stereocenters. The van der Waals surface area contributed by atoms with Gasteiger partial charge in [-0.25, -0.2) is 0 Å². The lowest BCUT2D eigenvalue weighted by molar-refractivity contribution is 0.126. The van der Waals surface area contributed by atoms with Crippen molar-refractivity contribution in [1.82, 2.24) is 19.7 Å². The van der Waals surface area contributed by atoms with Crippen LogP contribution in [0.15, 0.2) is 66.6 Å². The highest BCUT2D eigenvalue weighted by Crippen LogP contribution is 2.24. The zero-order valence-corrected chi connectivity index (χ0v) is 16.0. The summed E-state index contributed by atoms with van der Waals surface area (Å²) in [5.74, 6) is 1.93. The minimum atomic E-state index is -0.618. The Balaban J connectivity index is 1.60. The summed E-state index contributed by atoms with van der Waals surface area (Å²) in [4.78, 5) is 4.13. The Bertz CT molecular complexity index is 865. The minimum Gasteiger partial charge on any atom is -0.491 e. The van der Waals surface area contributed by atoms with E-state index in [1.165, 1.54) is 17.3 Å². The fraction of sp³-hybridized carbons (Fsp3) is 0.250. The molecule has 1 N–H and O–H groups in total. The number of hydrogen-bond acceptors (Lipinski definition) is 6. The highest BCUT2D eigenvalue weighted by atomic mass is 32.2. The van der Waals surface area contributed by atoms with E-state index in [1.807, 2.05) is 47.9 Å². The van der Waals surface area contributed by atoms with Gasteiger partial charge in [0.1, 0.15) is 12.4 Å². The molecule has 0 aliphatic rings. The van der Waals surface area contributed by atoms with Crippen LogP contribution in [-0.4, -0.2) is 43.3 Å². The minimum absolute atomic E-state index is 0.223. The third kappa shape index (κ3) is 5.18. The van der Waals surface area contributed by atoms with Crippen molar-refractivity contribution >= 4 is 11.8 Å². The second-order valence-electron chi connectivity index (χ2n) is 6.04. The summed E-state index contributed by atoms with van der Waals surface area (Å²) in [5, 5.41) is 19.5. The molecule has 1 atom stereocenters. The number of allylic oxidation sites excluding steroid dienone is 1. The topological polar surface area (TPSA) is 73.1 Å². The number of aliphatic hydroxyl groups is 1. The normalized spacial score (nSPS) is 11.9. The lowest BCUT2D eigenvalue weighted by Gasteiger charge is -2.12. The molecular formula is C20H22N4O2S. The molecule has 27 heavy (non-hydrogen) atoms. The molecule has 0 saturated heterocycles. The lowest BCUT2D eigenvalue weighted by Crippen LogP contribution is -2.20. The second-order valence-corrected chi connectivity index (χ2v) is 7.02. The van der Waals surface area contributed by atoms with Crippen molar-refractivity contribution in [2.45, 2.75) is 24.7 Å². The second kappa shape index (κ2) is 9.34. The fourth-order valence-electron chi connectivity index (χ4n) is 2.44. The van der Waals surface area contributed by atoms with Crippen molar-refractivity contribution in [3.63, 3.8) is 0 Å². The number of aromatic nitrogens is 4. The highest BCUT2D eigenvalue weighted by Gasteiger charge is 2.15. The number of benzene rings is 1. The molecule has 0 aliphatic carbocycles. The van der Waals surface area contributed by atoms with Crippen LogP contribution in [0.4, 0.5) is 0 Å². The van der Waals surface area contributed by atoms with Gasteiger partial charge in [0.15, 0.2) is 11.0 Å². The summed E-state index contributed by atoms with van der Waals surface area (Å²) in [7, 11) is 0. The summed E-state index contributed by atoms with van der Waals surface area (Å²) in [6.07, 6.45) is 4.65. The van der Waals surface area contributed by atoms with Crippen molar-refractivity contribution in [2.75, 3.05) is 12.4 Å². The summed E-state index contributed by atoms with van der Waals surface area (Å²) >= 11 is 1.44. The van der Waals surface area contributed by atoms with Crippen LogP contribution in [0, 0.1) is 6.92 Å². The zero-order valence-electron chi connectivity index (χ0n) is 15.2. The molecule has 3 rings (SSSR count). The number of aliphatic hydroxyl groups excluding tert-OH is 1. The molecule has 0 radical (unpaired) electrons. The number of aryl methyl sites for hydroxylation is 1. The number of rotatable bonds is 9. The molecule has 7 heteroatoms. The van der Waals surface area contributed by atoms with Crippen LogP contribution in [-0.2, 0) is 6.54 Å². The smallest absolute Gasteiger partial charge is 0.191 e. The number of thioether (sulfide) groups is 1. The summed E-state index contributed by atoms with van der Waals surface area (Å²) in [6.45, 7) is 6.63. The molecule has 0 fully saturated rings. The Kier molecular flexibility index (Phi) is 6.62. The van der Waals surface area contributed by atoms with Gasteiger partial charge in [-0.05, 0) is 31.2 Å². The number of ether oxygens (including phenoxy) is 1. The maximum atomic E-state index is 10.2. The number of hydrogen-bond donors (Lipinski definition) is 1. The fourth-order valence-corrected chi connectivity index (χ4v) is 3.30. The average molecular weight is 382 g/mol. The number of pyridine rings is 1. The standard InChI is InChI=1S/C20H22N4O2S/c1-3-11-24-19(16-5-4-10-21-12-16)22-23-20(24)27-14-17(25)13-26-18-8-6-15(2)7-9-18/h3-10,12,17,25H,1,11,13-14H2,2H3. The Labute approximate surface area is 162 Å². The van der Waals surface area contributed by atoms with Gasteiger partial charge in [0.25, 0.3) is 0 Å². The molecular weight excluding hydrogens is 360 g/mol. The van der Waals surface area contributed by atoms with Gasteiger partial charge >= 0.3 is 0 Å². The van der Waals surface area contributed by atoms with Gasteiger partial charge in [-0.3, -0.25) is 9.55 Å². The molecule has 140 valence electrons. The van der Waals surface area contributed by atoms with E-state index in [0.717, 1.165) is 22.3 Å². The third-order valence-electron chi connectivity index (χ3n) is 3.82. The van der Waals surface area contributed by atoms with E-state index < -0.39 is 6.10 Å². The molecule has 1 aromatic carbocycles.